The maximum atomic E-state index is 3.45. The minimum atomic E-state index is 0.638. The fourth-order valence-corrected chi connectivity index (χ4v) is 3.00. The van der Waals surface area contributed by atoms with E-state index in [9.17, 15) is 0 Å². The Labute approximate surface area is 112 Å². The summed E-state index contributed by atoms with van der Waals surface area (Å²) in [4.78, 5) is 0. The smallest absolute Gasteiger partial charge is 0.00902 e. The van der Waals surface area contributed by atoms with Gasteiger partial charge >= 0.3 is 0 Å². The second-order valence-electron chi connectivity index (χ2n) is 6.00. The zero-order valence-electron chi connectivity index (χ0n) is 12.1. The van der Waals surface area contributed by atoms with E-state index in [1.807, 2.05) is 0 Å². The average Bonchev–Trinajstić information content (AvgIpc) is 2.29. The lowest BCUT2D eigenvalue weighted by Gasteiger charge is -2.28. The molecule has 0 aliphatic heterocycles. The molecule has 1 N–H and O–H groups in total. The predicted octanol–water partition coefficient (Wildman–Crippen LogP) is 4.13. The van der Waals surface area contributed by atoms with Crippen LogP contribution in [0, 0.1) is 5.92 Å². The van der Waals surface area contributed by atoms with Crippen LogP contribution in [0.15, 0.2) is 24.3 Å². The topological polar surface area (TPSA) is 12.0 Å². The molecule has 0 saturated heterocycles. The van der Waals surface area contributed by atoms with Crippen LogP contribution in [0.5, 0.6) is 0 Å². The van der Waals surface area contributed by atoms with Crippen molar-refractivity contribution in [2.45, 2.75) is 57.9 Å². The number of aryl methyl sites for hydroxylation is 1. The number of hydrogen-bond donors (Lipinski definition) is 1. The minimum Gasteiger partial charge on any atom is -0.317 e. The van der Waals surface area contributed by atoms with Gasteiger partial charge in [-0.15, -0.1) is 0 Å². The van der Waals surface area contributed by atoms with E-state index < -0.39 is 0 Å². The van der Waals surface area contributed by atoms with Crippen LogP contribution in [0.1, 0.15) is 56.6 Å². The highest BCUT2D eigenvalue weighted by Crippen LogP contribution is 2.38. The fraction of sp³-hybridized carbons (Fsp3) is 0.647. The third kappa shape index (κ3) is 3.14. The zero-order chi connectivity index (χ0) is 13.0. The van der Waals surface area contributed by atoms with Crippen LogP contribution in [-0.2, 0) is 6.42 Å². The lowest BCUT2D eigenvalue weighted by atomic mass is 9.77. The monoisotopic (exact) mass is 245 g/mol. The average molecular weight is 245 g/mol. The standard InChI is InChI=1S/C17H27N/c1-13(2)17(18-3)12-11-15-7-4-5-10-16(15)14-8-6-9-14/h4-5,7,10,13-14,17-18H,6,8-9,11-12H2,1-3H3. The summed E-state index contributed by atoms with van der Waals surface area (Å²) in [6.07, 6.45) is 6.69. The summed E-state index contributed by atoms with van der Waals surface area (Å²) in [5.41, 5.74) is 3.21. The van der Waals surface area contributed by atoms with Crippen molar-refractivity contribution < 1.29 is 0 Å². The maximum Gasteiger partial charge on any atom is 0.00902 e. The molecule has 1 heteroatoms. The molecule has 1 unspecified atom stereocenters. The Morgan fingerprint density at radius 2 is 1.94 bits per heavy atom. The summed E-state index contributed by atoms with van der Waals surface area (Å²) < 4.78 is 0. The Morgan fingerprint density at radius 3 is 2.50 bits per heavy atom. The van der Waals surface area contributed by atoms with Crippen LogP contribution in [0.2, 0.25) is 0 Å². The number of benzene rings is 1. The highest BCUT2D eigenvalue weighted by Gasteiger charge is 2.22. The van der Waals surface area contributed by atoms with Crippen molar-refractivity contribution in [3.8, 4) is 0 Å². The van der Waals surface area contributed by atoms with Gasteiger partial charge in [0, 0.05) is 6.04 Å². The summed E-state index contributed by atoms with van der Waals surface area (Å²) >= 11 is 0. The molecule has 1 aromatic rings. The van der Waals surface area contributed by atoms with E-state index in [0.29, 0.717) is 12.0 Å². The van der Waals surface area contributed by atoms with Crippen LogP contribution in [0.25, 0.3) is 0 Å². The van der Waals surface area contributed by atoms with E-state index in [-0.39, 0.29) is 0 Å². The van der Waals surface area contributed by atoms with E-state index >= 15 is 0 Å². The summed E-state index contributed by atoms with van der Waals surface area (Å²) in [6.45, 7) is 4.61. The molecule has 0 amide bonds. The van der Waals surface area contributed by atoms with Crippen LogP contribution in [0.3, 0.4) is 0 Å². The third-order valence-electron chi connectivity index (χ3n) is 4.50. The van der Waals surface area contributed by atoms with Gasteiger partial charge in [0.1, 0.15) is 0 Å². The summed E-state index contributed by atoms with van der Waals surface area (Å²) in [5, 5.41) is 3.45. The van der Waals surface area contributed by atoms with Gasteiger partial charge in [-0.25, -0.2) is 0 Å². The molecule has 1 aromatic carbocycles. The van der Waals surface area contributed by atoms with Gasteiger partial charge in [-0.3, -0.25) is 0 Å². The van der Waals surface area contributed by atoms with Gasteiger partial charge in [-0.2, -0.15) is 0 Å². The molecular weight excluding hydrogens is 218 g/mol. The molecule has 0 aromatic heterocycles. The van der Waals surface area contributed by atoms with Gasteiger partial charge in [-0.1, -0.05) is 44.5 Å². The maximum absolute atomic E-state index is 3.45. The van der Waals surface area contributed by atoms with E-state index in [2.05, 4.69) is 50.5 Å². The Balaban J connectivity index is 2.00. The van der Waals surface area contributed by atoms with E-state index in [1.165, 1.54) is 32.1 Å². The molecule has 0 bridgehead atoms. The van der Waals surface area contributed by atoms with Gasteiger partial charge in [0.05, 0.1) is 0 Å². The molecule has 1 nitrogen and oxygen atoms in total. The van der Waals surface area contributed by atoms with Crippen molar-refractivity contribution in [2.75, 3.05) is 7.05 Å². The van der Waals surface area contributed by atoms with Crippen molar-refractivity contribution in [1.29, 1.82) is 0 Å². The predicted molar refractivity (Wildman–Crippen MR) is 79.0 cm³/mol. The molecule has 1 atom stereocenters. The number of hydrogen-bond acceptors (Lipinski definition) is 1. The van der Waals surface area contributed by atoms with Crippen LogP contribution < -0.4 is 5.32 Å². The molecular formula is C17H27N. The van der Waals surface area contributed by atoms with Gasteiger partial charge in [-0.05, 0) is 55.7 Å². The van der Waals surface area contributed by atoms with E-state index in [4.69, 9.17) is 0 Å². The van der Waals surface area contributed by atoms with E-state index in [0.717, 1.165) is 5.92 Å². The first-order valence-corrected chi connectivity index (χ1v) is 7.47. The SMILES string of the molecule is CNC(CCc1ccccc1C1CCC1)C(C)C. The Bertz CT molecular complexity index is 366. The molecule has 1 aliphatic rings. The van der Waals surface area contributed by atoms with Gasteiger partial charge in [0.2, 0.25) is 0 Å². The van der Waals surface area contributed by atoms with Gasteiger partial charge < -0.3 is 5.32 Å². The minimum absolute atomic E-state index is 0.638. The number of rotatable bonds is 6. The second-order valence-corrected chi connectivity index (χ2v) is 6.00. The summed E-state index contributed by atoms with van der Waals surface area (Å²) in [5.74, 6) is 1.57. The van der Waals surface area contributed by atoms with Crippen LogP contribution in [-0.4, -0.2) is 13.1 Å². The Kier molecular flexibility index (Phi) is 4.82. The van der Waals surface area contributed by atoms with Crippen LogP contribution in [0.4, 0.5) is 0 Å². The quantitative estimate of drug-likeness (QED) is 0.794. The molecule has 0 heterocycles. The van der Waals surface area contributed by atoms with Crippen molar-refractivity contribution in [2.24, 2.45) is 5.92 Å². The normalized spacial score (nSPS) is 17.8. The zero-order valence-corrected chi connectivity index (χ0v) is 12.1. The lowest BCUT2D eigenvalue weighted by molar-refractivity contribution is 0.396. The molecule has 1 saturated carbocycles. The highest BCUT2D eigenvalue weighted by atomic mass is 14.9. The molecule has 2 rings (SSSR count). The highest BCUT2D eigenvalue weighted by molar-refractivity contribution is 5.31. The first-order chi connectivity index (χ1) is 8.72. The first kappa shape index (κ1) is 13.6. The second kappa shape index (κ2) is 6.38. The van der Waals surface area contributed by atoms with Crippen molar-refractivity contribution >= 4 is 0 Å². The fourth-order valence-electron chi connectivity index (χ4n) is 3.00. The third-order valence-corrected chi connectivity index (χ3v) is 4.50. The van der Waals surface area contributed by atoms with E-state index in [1.54, 1.807) is 11.1 Å². The van der Waals surface area contributed by atoms with Crippen LogP contribution >= 0.6 is 0 Å². The summed E-state index contributed by atoms with van der Waals surface area (Å²) in [7, 11) is 2.09. The summed E-state index contributed by atoms with van der Waals surface area (Å²) in [6, 6.07) is 9.72. The van der Waals surface area contributed by atoms with Crippen molar-refractivity contribution in [3.63, 3.8) is 0 Å². The van der Waals surface area contributed by atoms with Crippen molar-refractivity contribution in [3.05, 3.63) is 35.4 Å². The van der Waals surface area contributed by atoms with Gasteiger partial charge in [0.25, 0.3) is 0 Å². The largest absolute Gasteiger partial charge is 0.317 e. The van der Waals surface area contributed by atoms with Gasteiger partial charge in [0.15, 0.2) is 0 Å². The Hall–Kier alpha value is -0.820. The molecule has 0 spiro atoms. The molecule has 0 radical (unpaired) electrons. The molecule has 100 valence electrons. The first-order valence-electron chi connectivity index (χ1n) is 7.47. The van der Waals surface area contributed by atoms with Crippen molar-refractivity contribution in [1.82, 2.24) is 5.32 Å². The molecule has 1 aliphatic carbocycles. The number of nitrogens with one attached hydrogen (secondary N) is 1. The molecule has 1 fully saturated rings. The molecule has 18 heavy (non-hydrogen) atoms. The lowest BCUT2D eigenvalue weighted by Crippen LogP contribution is -2.31. The Morgan fingerprint density at radius 1 is 1.22 bits per heavy atom.